The first kappa shape index (κ1) is 19.4. The Labute approximate surface area is 166 Å². The Balaban J connectivity index is 1.63. The van der Waals surface area contributed by atoms with Crippen LogP contribution in [0, 0.1) is 0 Å². The number of rotatable bonds is 9. The molecule has 0 aliphatic heterocycles. The van der Waals surface area contributed by atoms with Crippen molar-refractivity contribution in [2.75, 3.05) is 0 Å². The highest BCUT2D eigenvalue weighted by molar-refractivity contribution is 6.11. The Kier molecular flexibility index (Phi) is 7.38. The van der Waals surface area contributed by atoms with Crippen molar-refractivity contribution in [2.24, 2.45) is 10.3 Å². The summed E-state index contributed by atoms with van der Waals surface area (Å²) in [5.74, 6) is 0. The van der Waals surface area contributed by atoms with Gasteiger partial charge in [0.25, 0.3) is 0 Å². The van der Waals surface area contributed by atoms with E-state index >= 15 is 0 Å². The van der Waals surface area contributed by atoms with E-state index in [1.807, 2.05) is 97.9 Å². The predicted octanol–water partition coefficient (Wildman–Crippen LogP) is 5.59. The zero-order chi connectivity index (χ0) is 19.4. The second-order valence-electron chi connectivity index (χ2n) is 6.43. The average molecular weight is 372 g/mol. The van der Waals surface area contributed by atoms with E-state index in [4.69, 9.17) is 9.68 Å². The van der Waals surface area contributed by atoms with Gasteiger partial charge < -0.3 is 9.68 Å². The van der Waals surface area contributed by atoms with Crippen molar-refractivity contribution in [3.63, 3.8) is 0 Å². The van der Waals surface area contributed by atoms with E-state index in [0.29, 0.717) is 19.6 Å². The number of hydrogen-bond donors (Lipinski definition) is 0. The molecule has 0 aliphatic carbocycles. The summed E-state index contributed by atoms with van der Waals surface area (Å²) in [4.78, 5) is 11.1. The van der Waals surface area contributed by atoms with Gasteiger partial charge in [0, 0.05) is 6.42 Å². The molecule has 0 spiro atoms. The lowest BCUT2D eigenvalue weighted by Gasteiger charge is -2.08. The van der Waals surface area contributed by atoms with Gasteiger partial charge in [-0.1, -0.05) is 101 Å². The smallest absolute Gasteiger partial charge is 0.142 e. The molecule has 3 aromatic carbocycles. The molecule has 0 atom stereocenters. The standard InChI is InChI=1S/C24H24N2O2/c1-20(25-27-18-21-11-5-2-6-12-21)17-24(23-15-9-4-10-16-23)26-28-19-22-13-7-3-8-14-22/h2-16H,17-19H2,1H3/b25-20+,26-24+. The van der Waals surface area contributed by atoms with Gasteiger partial charge in [-0.05, 0) is 23.6 Å². The molecule has 0 unspecified atom stereocenters. The molecule has 4 heteroatoms. The molecule has 4 nitrogen and oxygen atoms in total. The Morgan fingerprint density at radius 3 is 1.64 bits per heavy atom. The van der Waals surface area contributed by atoms with Crippen LogP contribution in [0.1, 0.15) is 30.0 Å². The minimum Gasteiger partial charge on any atom is -0.391 e. The van der Waals surface area contributed by atoms with E-state index in [2.05, 4.69) is 10.3 Å². The summed E-state index contributed by atoms with van der Waals surface area (Å²) in [7, 11) is 0. The van der Waals surface area contributed by atoms with Gasteiger partial charge in [0.2, 0.25) is 0 Å². The fraction of sp³-hybridized carbons (Fsp3) is 0.167. The van der Waals surface area contributed by atoms with Crippen LogP contribution in [0.25, 0.3) is 0 Å². The fourth-order valence-electron chi connectivity index (χ4n) is 2.64. The van der Waals surface area contributed by atoms with Crippen LogP contribution < -0.4 is 0 Å². The Hall–Kier alpha value is -3.40. The molecule has 0 aromatic heterocycles. The highest BCUT2D eigenvalue weighted by Gasteiger charge is 2.07. The van der Waals surface area contributed by atoms with E-state index in [0.717, 1.165) is 28.1 Å². The van der Waals surface area contributed by atoms with E-state index in [9.17, 15) is 0 Å². The molecule has 3 aromatic rings. The molecule has 0 fully saturated rings. The highest BCUT2D eigenvalue weighted by Crippen LogP contribution is 2.09. The number of hydrogen-bond acceptors (Lipinski definition) is 4. The van der Waals surface area contributed by atoms with Gasteiger partial charge in [0.1, 0.15) is 13.2 Å². The summed E-state index contributed by atoms with van der Waals surface area (Å²) in [6.45, 7) is 2.80. The highest BCUT2D eigenvalue weighted by atomic mass is 16.6. The third-order valence-corrected chi connectivity index (χ3v) is 4.07. The summed E-state index contributed by atoms with van der Waals surface area (Å²) in [6.07, 6.45) is 0.549. The van der Waals surface area contributed by atoms with Crippen LogP contribution >= 0.6 is 0 Å². The van der Waals surface area contributed by atoms with Crippen LogP contribution in [0.5, 0.6) is 0 Å². The molecule has 0 heterocycles. The monoisotopic (exact) mass is 372 g/mol. The maximum Gasteiger partial charge on any atom is 0.142 e. The van der Waals surface area contributed by atoms with Crippen molar-refractivity contribution in [3.8, 4) is 0 Å². The van der Waals surface area contributed by atoms with Gasteiger partial charge >= 0.3 is 0 Å². The lowest BCUT2D eigenvalue weighted by Crippen LogP contribution is -2.08. The van der Waals surface area contributed by atoms with Crippen LogP contribution in [0.2, 0.25) is 0 Å². The molecule has 0 amide bonds. The van der Waals surface area contributed by atoms with Crippen LogP contribution in [0.3, 0.4) is 0 Å². The zero-order valence-corrected chi connectivity index (χ0v) is 16.0. The first-order valence-corrected chi connectivity index (χ1v) is 9.29. The third-order valence-electron chi connectivity index (χ3n) is 4.07. The molecule has 0 aliphatic rings. The van der Waals surface area contributed by atoms with Crippen LogP contribution in [-0.4, -0.2) is 11.4 Å². The number of nitrogens with zero attached hydrogens (tertiary/aromatic N) is 2. The van der Waals surface area contributed by atoms with Gasteiger partial charge in [-0.15, -0.1) is 0 Å². The summed E-state index contributed by atoms with van der Waals surface area (Å²) < 4.78 is 0. The fourth-order valence-corrected chi connectivity index (χ4v) is 2.64. The Morgan fingerprint density at radius 2 is 1.11 bits per heavy atom. The molecular formula is C24H24N2O2. The molecule has 28 heavy (non-hydrogen) atoms. The van der Waals surface area contributed by atoms with Crippen LogP contribution in [0.4, 0.5) is 0 Å². The normalized spacial score (nSPS) is 11.9. The summed E-state index contributed by atoms with van der Waals surface area (Å²) in [5.41, 5.74) is 4.83. The molecule has 0 saturated heterocycles. The quantitative estimate of drug-likeness (QED) is 0.363. The third kappa shape index (κ3) is 6.40. The topological polar surface area (TPSA) is 43.2 Å². The van der Waals surface area contributed by atoms with Crippen molar-refractivity contribution in [1.82, 2.24) is 0 Å². The first-order chi connectivity index (χ1) is 13.8. The summed E-state index contributed by atoms with van der Waals surface area (Å²) in [5, 5.41) is 8.61. The lowest BCUT2D eigenvalue weighted by molar-refractivity contribution is 0.128. The van der Waals surface area contributed by atoms with E-state index in [1.54, 1.807) is 0 Å². The van der Waals surface area contributed by atoms with Crippen molar-refractivity contribution >= 4 is 11.4 Å². The maximum atomic E-state index is 5.60. The minimum atomic E-state index is 0.428. The minimum absolute atomic E-state index is 0.428. The molecule has 142 valence electrons. The molecular weight excluding hydrogens is 348 g/mol. The lowest BCUT2D eigenvalue weighted by atomic mass is 10.1. The summed E-state index contributed by atoms with van der Waals surface area (Å²) >= 11 is 0. The average Bonchev–Trinajstić information content (AvgIpc) is 2.75. The Bertz CT molecular complexity index is 892. The summed E-state index contributed by atoms with van der Waals surface area (Å²) in [6, 6.07) is 30.0. The predicted molar refractivity (Wildman–Crippen MR) is 113 cm³/mol. The second-order valence-corrected chi connectivity index (χ2v) is 6.43. The van der Waals surface area contributed by atoms with Crippen LogP contribution in [0.15, 0.2) is 101 Å². The maximum absolute atomic E-state index is 5.60. The molecule has 0 radical (unpaired) electrons. The van der Waals surface area contributed by atoms with Gasteiger partial charge in [-0.3, -0.25) is 0 Å². The van der Waals surface area contributed by atoms with E-state index < -0.39 is 0 Å². The number of oxime groups is 2. The molecule has 0 saturated carbocycles. The molecule has 0 N–H and O–H groups in total. The van der Waals surface area contributed by atoms with Gasteiger partial charge in [0.05, 0.1) is 11.4 Å². The Morgan fingerprint density at radius 1 is 0.643 bits per heavy atom. The molecule has 0 bridgehead atoms. The van der Waals surface area contributed by atoms with E-state index in [-0.39, 0.29) is 0 Å². The van der Waals surface area contributed by atoms with Gasteiger partial charge in [-0.2, -0.15) is 0 Å². The SMILES string of the molecule is C/C(C/C(=N\OCc1ccccc1)c1ccccc1)=N\OCc1ccccc1. The first-order valence-electron chi connectivity index (χ1n) is 9.29. The second kappa shape index (κ2) is 10.7. The van der Waals surface area contributed by atoms with Gasteiger partial charge in [0.15, 0.2) is 0 Å². The number of benzene rings is 3. The van der Waals surface area contributed by atoms with Crippen molar-refractivity contribution in [2.45, 2.75) is 26.6 Å². The van der Waals surface area contributed by atoms with Crippen molar-refractivity contribution in [1.29, 1.82) is 0 Å². The van der Waals surface area contributed by atoms with Crippen molar-refractivity contribution < 1.29 is 9.68 Å². The van der Waals surface area contributed by atoms with Crippen LogP contribution in [-0.2, 0) is 22.9 Å². The largest absolute Gasteiger partial charge is 0.391 e. The van der Waals surface area contributed by atoms with E-state index in [1.165, 1.54) is 0 Å². The zero-order valence-electron chi connectivity index (χ0n) is 16.0. The van der Waals surface area contributed by atoms with Crippen molar-refractivity contribution in [3.05, 3.63) is 108 Å². The molecule has 3 rings (SSSR count). The van der Waals surface area contributed by atoms with Gasteiger partial charge in [-0.25, -0.2) is 0 Å².